The van der Waals surface area contributed by atoms with Crippen molar-refractivity contribution in [3.63, 3.8) is 0 Å². The van der Waals surface area contributed by atoms with E-state index in [0.29, 0.717) is 0 Å². The average Bonchev–Trinajstić information content (AvgIpc) is 3.89. The van der Waals surface area contributed by atoms with E-state index in [4.69, 9.17) is 8.83 Å². The van der Waals surface area contributed by atoms with Gasteiger partial charge < -0.3 is 13.7 Å². The second-order valence-corrected chi connectivity index (χ2v) is 15.6. The van der Waals surface area contributed by atoms with Gasteiger partial charge in [-0.05, 0) is 98.6 Å². The molecule has 0 bridgehead atoms. The number of rotatable bonds is 4. The summed E-state index contributed by atoms with van der Waals surface area (Å²) >= 11 is 0. The van der Waals surface area contributed by atoms with Crippen LogP contribution in [0.1, 0.15) is 25.0 Å². The third kappa shape index (κ3) is 4.34. The molecule has 2 aromatic heterocycles. The van der Waals surface area contributed by atoms with Crippen molar-refractivity contribution in [1.29, 1.82) is 0 Å². The Hall–Kier alpha value is -7.10. The second kappa shape index (κ2) is 11.5. The van der Waals surface area contributed by atoms with E-state index in [1.807, 2.05) is 6.07 Å². The highest BCUT2D eigenvalue weighted by Crippen LogP contribution is 2.54. The van der Waals surface area contributed by atoms with Gasteiger partial charge in [0.05, 0.1) is 11.1 Å². The van der Waals surface area contributed by atoms with Gasteiger partial charge in [0.15, 0.2) is 0 Å². The maximum absolute atomic E-state index is 6.94. The lowest BCUT2D eigenvalue weighted by Gasteiger charge is -2.30. The lowest BCUT2D eigenvalue weighted by molar-refractivity contribution is 0.660. The molecule has 0 radical (unpaired) electrons. The lowest BCUT2D eigenvalue weighted by atomic mass is 9.82. The number of benzene rings is 9. The Balaban J connectivity index is 1.24. The molecule has 1 aliphatic carbocycles. The molecule has 56 heavy (non-hydrogen) atoms. The minimum absolute atomic E-state index is 0.172. The molecule has 11 aromatic rings. The van der Waals surface area contributed by atoms with Crippen molar-refractivity contribution in [2.75, 3.05) is 4.90 Å². The van der Waals surface area contributed by atoms with Gasteiger partial charge in [-0.25, -0.2) is 0 Å². The van der Waals surface area contributed by atoms with Gasteiger partial charge in [-0.2, -0.15) is 0 Å². The normalized spacial score (nSPS) is 13.3. The van der Waals surface area contributed by atoms with Crippen LogP contribution in [0.25, 0.3) is 87.7 Å². The number of hydrogen-bond acceptors (Lipinski definition) is 3. The van der Waals surface area contributed by atoms with Gasteiger partial charge in [0, 0.05) is 43.9 Å². The first-order chi connectivity index (χ1) is 27.5. The maximum atomic E-state index is 6.94. The largest absolute Gasteiger partial charge is 0.456 e. The molecule has 0 N–H and O–H groups in total. The van der Waals surface area contributed by atoms with E-state index in [1.165, 1.54) is 33.0 Å². The molecule has 3 heteroatoms. The molecule has 0 atom stereocenters. The van der Waals surface area contributed by atoms with E-state index >= 15 is 0 Å². The van der Waals surface area contributed by atoms with Crippen LogP contribution < -0.4 is 4.90 Å². The van der Waals surface area contributed by atoms with Crippen LogP contribution in [0.2, 0.25) is 0 Å². The number of furan rings is 2. The highest BCUT2D eigenvalue weighted by molar-refractivity contribution is 6.24. The molecule has 264 valence electrons. The zero-order valence-electron chi connectivity index (χ0n) is 31.0. The van der Waals surface area contributed by atoms with E-state index in [1.54, 1.807) is 0 Å². The predicted octanol–water partition coefficient (Wildman–Crippen LogP) is 15.2. The summed E-state index contributed by atoms with van der Waals surface area (Å²) in [4.78, 5) is 2.48. The van der Waals surface area contributed by atoms with E-state index in [-0.39, 0.29) is 5.41 Å². The van der Waals surface area contributed by atoms with Crippen LogP contribution in [0.4, 0.5) is 17.1 Å². The van der Waals surface area contributed by atoms with Crippen molar-refractivity contribution >= 4 is 82.5 Å². The minimum Gasteiger partial charge on any atom is -0.456 e. The fraction of sp³-hybridized carbons (Fsp3) is 0.0566. The fourth-order valence-corrected chi connectivity index (χ4v) is 9.58. The topological polar surface area (TPSA) is 29.5 Å². The van der Waals surface area contributed by atoms with Gasteiger partial charge in [-0.15, -0.1) is 0 Å². The Morgan fingerprint density at radius 2 is 1.04 bits per heavy atom. The van der Waals surface area contributed by atoms with Crippen molar-refractivity contribution in [3.8, 4) is 22.3 Å². The highest BCUT2D eigenvalue weighted by Gasteiger charge is 2.36. The van der Waals surface area contributed by atoms with Gasteiger partial charge >= 0.3 is 0 Å². The van der Waals surface area contributed by atoms with Crippen LogP contribution >= 0.6 is 0 Å². The SMILES string of the molecule is CC1(C)c2ccccc2-c2ccc(N(c3ccc4ccccc4c3)c3c(-c4cccc5oc6ccccc6c45)ccc4oc5c6ccccc6ccc5c34)cc21. The monoisotopic (exact) mass is 717 g/mol. The van der Waals surface area contributed by atoms with E-state index in [2.05, 4.69) is 189 Å². The molecule has 9 aromatic carbocycles. The van der Waals surface area contributed by atoms with Crippen LogP contribution in [-0.4, -0.2) is 0 Å². The van der Waals surface area contributed by atoms with Crippen LogP contribution in [-0.2, 0) is 5.41 Å². The Morgan fingerprint density at radius 1 is 0.393 bits per heavy atom. The molecule has 12 rings (SSSR count). The first-order valence-corrected chi connectivity index (χ1v) is 19.3. The molecule has 0 amide bonds. The second-order valence-electron chi connectivity index (χ2n) is 15.6. The zero-order chi connectivity index (χ0) is 37.1. The first kappa shape index (κ1) is 31.3. The van der Waals surface area contributed by atoms with Crippen molar-refractivity contribution in [3.05, 3.63) is 187 Å². The van der Waals surface area contributed by atoms with Crippen LogP contribution in [0.15, 0.2) is 185 Å². The summed E-state index contributed by atoms with van der Waals surface area (Å²) in [6, 6.07) is 63.6. The summed E-state index contributed by atoms with van der Waals surface area (Å²) in [5.74, 6) is 0. The average molecular weight is 718 g/mol. The molecule has 0 aliphatic heterocycles. The van der Waals surface area contributed by atoms with Gasteiger partial charge in [0.2, 0.25) is 0 Å². The lowest BCUT2D eigenvalue weighted by Crippen LogP contribution is -2.17. The van der Waals surface area contributed by atoms with Crippen molar-refractivity contribution in [2.24, 2.45) is 0 Å². The van der Waals surface area contributed by atoms with Crippen LogP contribution in [0, 0.1) is 0 Å². The fourth-order valence-electron chi connectivity index (χ4n) is 9.58. The smallest absolute Gasteiger partial charge is 0.143 e. The zero-order valence-corrected chi connectivity index (χ0v) is 31.0. The van der Waals surface area contributed by atoms with Crippen LogP contribution in [0.3, 0.4) is 0 Å². The Labute approximate surface area is 323 Å². The van der Waals surface area contributed by atoms with E-state index < -0.39 is 0 Å². The molecule has 3 nitrogen and oxygen atoms in total. The molecule has 2 heterocycles. The van der Waals surface area contributed by atoms with Gasteiger partial charge in [-0.1, -0.05) is 135 Å². The summed E-state index contributed by atoms with van der Waals surface area (Å²) in [5, 5.41) is 9.00. The molecular weight excluding hydrogens is 683 g/mol. The summed E-state index contributed by atoms with van der Waals surface area (Å²) < 4.78 is 13.4. The van der Waals surface area contributed by atoms with Gasteiger partial charge in [0.1, 0.15) is 22.3 Å². The quantitative estimate of drug-likeness (QED) is 0.182. The highest BCUT2D eigenvalue weighted by atomic mass is 16.3. The van der Waals surface area contributed by atoms with E-state index in [0.717, 1.165) is 82.8 Å². The summed E-state index contributed by atoms with van der Waals surface area (Å²) in [6.07, 6.45) is 0. The number of anilines is 3. The predicted molar refractivity (Wildman–Crippen MR) is 234 cm³/mol. The standard InChI is InChI=1S/C53H35NO2/c1-53(2)44-19-9-7-16-38(44)39-27-25-36(31-45(39)53)54(35-24-22-32-12-3-4-14-34(32)30-35)51-41(40-18-11-21-47-49(40)42-17-8-10-20-46(42)55-47)28-29-48-50(51)43-26-23-33-13-5-6-15-37(33)52(43)56-48/h3-31H,1-2H3. The van der Waals surface area contributed by atoms with Crippen molar-refractivity contribution in [2.45, 2.75) is 19.3 Å². The molecular formula is C53H35NO2. The molecule has 0 saturated carbocycles. The number of fused-ring (bicyclic) bond motifs is 12. The summed E-state index contributed by atoms with van der Waals surface area (Å²) in [6.45, 7) is 4.71. The number of nitrogens with zero attached hydrogens (tertiary/aromatic N) is 1. The van der Waals surface area contributed by atoms with E-state index in [9.17, 15) is 0 Å². The molecule has 0 saturated heterocycles. The summed E-state index contributed by atoms with van der Waals surface area (Å²) in [7, 11) is 0. The Bertz CT molecular complexity index is 3420. The van der Waals surface area contributed by atoms with Gasteiger partial charge in [0.25, 0.3) is 0 Å². The van der Waals surface area contributed by atoms with Crippen LogP contribution in [0.5, 0.6) is 0 Å². The Morgan fingerprint density at radius 3 is 1.95 bits per heavy atom. The maximum Gasteiger partial charge on any atom is 0.143 e. The molecule has 0 fully saturated rings. The molecule has 1 aliphatic rings. The van der Waals surface area contributed by atoms with Gasteiger partial charge in [-0.3, -0.25) is 0 Å². The molecule has 0 unspecified atom stereocenters. The molecule has 0 spiro atoms. The third-order valence-electron chi connectivity index (χ3n) is 12.2. The first-order valence-electron chi connectivity index (χ1n) is 19.3. The summed E-state index contributed by atoms with van der Waals surface area (Å²) in [5.41, 5.74) is 14.0. The third-order valence-corrected chi connectivity index (χ3v) is 12.2. The Kier molecular flexibility index (Phi) is 6.40. The number of para-hydroxylation sites is 1. The van der Waals surface area contributed by atoms with Crippen molar-refractivity contribution < 1.29 is 8.83 Å². The number of hydrogen-bond donors (Lipinski definition) is 0. The minimum atomic E-state index is -0.172. The van der Waals surface area contributed by atoms with Crippen molar-refractivity contribution in [1.82, 2.24) is 0 Å².